The van der Waals surface area contributed by atoms with Crippen LogP contribution in [-0.2, 0) is 4.79 Å². The summed E-state index contributed by atoms with van der Waals surface area (Å²) < 4.78 is 0. The molecule has 0 aromatic heterocycles. The second-order valence-electron chi connectivity index (χ2n) is 7.06. The number of carbonyl (C=O) groups is 1. The molecular formula is C20H31N3O. The van der Waals surface area contributed by atoms with E-state index in [4.69, 9.17) is 0 Å². The fourth-order valence-electron chi connectivity index (χ4n) is 3.86. The van der Waals surface area contributed by atoms with Crippen LogP contribution in [0.2, 0.25) is 0 Å². The first-order valence-electron chi connectivity index (χ1n) is 9.63. The van der Waals surface area contributed by atoms with Crippen LogP contribution in [-0.4, -0.2) is 61.5 Å². The second kappa shape index (κ2) is 9.07. The molecule has 2 aliphatic rings. The van der Waals surface area contributed by atoms with Crippen LogP contribution in [0.1, 0.15) is 38.5 Å². The molecule has 2 aliphatic heterocycles. The molecule has 0 spiro atoms. The normalized spacial score (nSPS) is 20.0. The van der Waals surface area contributed by atoms with Crippen molar-refractivity contribution in [2.24, 2.45) is 0 Å². The summed E-state index contributed by atoms with van der Waals surface area (Å²) in [5.41, 5.74) is 1.27. The molecule has 0 unspecified atom stereocenters. The monoisotopic (exact) mass is 329 g/mol. The summed E-state index contributed by atoms with van der Waals surface area (Å²) in [5, 5.41) is 0. The Morgan fingerprint density at radius 3 is 2.42 bits per heavy atom. The minimum absolute atomic E-state index is 0.349. The molecule has 0 radical (unpaired) electrons. The lowest BCUT2D eigenvalue weighted by molar-refractivity contribution is -0.131. The minimum Gasteiger partial charge on any atom is -0.370 e. The van der Waals surface area contributed by atoms with Gasteiger partial charge in [0.25, 0.3) is 0 Å². The second-order valence-corrected chi connectivity index (χ2v) is 7.06. The van der Waals surface area contributed by atoms with Gasteiger partial charge in [-0.15, -0.1) is 0 Å². The van der Waals surface area contributed by atoms with Crippen LogP contribution in [0.4, 0.5) is 5.69 Å². The number of piperidine rings is 1. The maximum atomic E-state index is 12.5. The van der Waals surface area contributed by atoms with Crippen molar-refractivity contribution in [2.45, 2.75) is 38.5 Å². The van der Waals surface area contributed by atoms with Crippen molar-refractivity contribution < 1.29 is 4.79 Å². The van der Waals surface area contributed by atoms with Crippen LogP contribution < -0.4 is 4.90 Å². The van der Waals surface area contributed by atoms with E-state index < -0.39 is 0 Å². The van der Waals surface area contributed by atoms with Gasteiger partial charge in [-0.05, 0) is 57.5 Å². The quantitative estimate of drug-likeness (QED) is 0.831. The van der Waals surface area contributed by atoms with Gasteiger partial charge in [0.15, 0.2) is 0 Å². The maximum Gasteiger partial charge on any atom is 0.222 e. The Morgan fingerprint density at radius 2 is 1.62 bits per heavy atom. The highest BCUT2D eigenvalue weighted by atomic mass is 16.2. The molecule has 132 valence electrons. The summed E-state index contributed by atoms with van der Waals surface area (Å²) in [6.07, 6.45) is 6.82. The molecule has 24 heavy (non-hydrogen) atoms. The van der Waals surface area contributed by atoms with Crippen LogP contribution in [0.5, 0.6) is 0 Å². The fourth-order valence-corrected chi connectivity index (χ4v) is 3.86. The van der Waals surface area contributed by atoms with Crippen molar-refractivity contribution in [2.75, 3.05) is 50.7 Å². The van der Waals surface area contributed by atoms with E-state index in [-0.39, 0.29) is 0 Å². The molecule has 0 bridgehead atoms. The molecule has 2 saturated heterocycles. The lowest BCUT2D eigenvalue weighted by Gasteiger charge is -2.27. The van der Waals surface area contributed by atoms with Crippen molar-refractivity contribution in [3.8, 4) is 0 Å². The van der Waals surface area contributed by atoms with E-state index in [0.29, 0.717) is 12.3 Å². The summed E-state index contributed by atoms with van der Waals surface area (Å²) in [5.74, 6) is 0.349. The molecule has 0 saturated carbocycles. The molecule has 4 nitrogen and oxygen atoms in total. The molecule has 1 aromatic rings. The fraction of sp³-hybridized carbons (Fsp3) is 0.650. The smallest absolute Gasteiger partial charge is 0.222 e. The standard InChI is InChI=1S/C20H31N3O/c24-20(11-7-14-21-12-5-2-6-13-21)23-16-8-15-22(17-18-23)19-9-3-1-4-10-19/h1,3-4,9-10H,2,5-8,11-18H2. The molecule has 0 aliphatic carbocycles. The van der Waals surface area contributed by atoms with Crippen LogP contribution in [0.25, 0.3) is 0 Å². The number of hydrogen-bond acceptors (Lipinski definition) is 3. The number of para-hydroxylation sites is 1. The number of carbonyl (C=O) groups excluding carboxylic acids is 1. The molecule has 4 heteroatoms. The Bertz CT molecular complexity index is 499. The lowest BCUT2D eigenvalue weighted by atomic mass is 10.1. The zero-order chi connectivity index (χ0) is 16.6. The van der Waals surface area contributed by atoms with E-state index in [2.05, 4.69) is 45.0 Å². The molecule has 1 aromatic carbocycles. The van der Waals surface area contributed by atoms with Crippen molar-refractivity contribution in [1.29, 1.82) is 0 Å². The zero-order valence-corrected chi connectivity index (χ0v) is 14.8. The summed E-state index contributed by atoms with van der Waals surface area (Å²) in [6.45, 7) is 7.30. The van der Waals surface area contributed by atoms with E-state index in [1.54, 1.807) is 0 Å². The number of amides is 1. The number of nitrogens with zero attached hydrogens (tertiary/aromatic N) is 3. The molecule has 0 atom stereocenters. The first-order valence-corrected chi connectivity index (χ1v) is 9.63. The molecule has 3 rings (SSSR count). The van der Waals surface area contributed by atoms with Crippen LogP contribution >= 0.6 is 0 Å². The third kappa shape index (κ3) is 4.97. The van der Waals surface area contributed by atoms with Gasteiger partial charge in [-0.1, -0.05) is 24.6 Å². The van der Waals surface area contributed by atoms with E-state index in [9.17, 15) is 4.79 Å². The average Bonchev–Trinajstić information content (AvgIpc) is 2.89. The number of rotatable bonds is 5. The maximum absolute atomic E-state index is 12.5. The first kappa shape index (κ1) is 17.3. The van der Waals surface area contributed by atoms with Gasteiger partial charge in [0, 0.05) is 38.3 Å². The Hall–Kier alpha value is -1.55. The summed E-state index contributed by atoms with van der Waals surface area (Å²) in [6, 6.07) is 10.6. The van der Waals surface area contributed by atoms with Gasteiger partial charge in [-0.2, -0.15) is 0 Å². The van der Waals surface area contributed by atoms with Crippen LogP contribution in [0, 0.1) is 0 Å². The Morgan fingerprint density at radius 1 is 0.833 bits per heavy atom. The predicted molar refractivity (Wildman–Crippen MR) is 99.4 cm³/mol. The zero-order valence-electron chi connectivity index (χ0n) is 14.8. The molecule has 1 amide bonds. The van der Waals surface area contributed by atoms with Crippen molar-refractivity contribution >= 4 is 11.6 Å². The Kier molecular flexibility index (Phi) is 6.53. The average molecular weight is 329 g/mol. The summed E-state index contributed by atoms with van der Waals surface area (Å²) >= 11 is 0. The first-order chi connectivity index (χ1) is 11.8. The highest BCUT2D eigenvalue weighted by molar-refractivity contribution is 5.76. The van der Waals surface area contributed by atoms with E-state index in [1.807, 2.05) is 0 Å². The van der Waals surface area contributed by atoms with E-state index in [1.165, 1.54) is 38.0 Å². The topological polar surface area (TPSA) is 26.8 Å². The van der Waals surface area contributed by atoms with Crippen molar-refractivity contribution in [1.82, 2.24) is 9.80 Å². The molecular weight excluding hydrogens is 298 g/mol. The van der Waals surface area contributed by atoms with Gasteiger partial charge < -0.3 is 14.7 Å². The summed E-state index contributed by atoms with van der Waals surface area (Å²) in [7, 11) is 0. The van der Waals surface area contributed by atoms with Crippen molar-refractivity contribution in [3.63, 3.8) is 0 Å². The van der Waals surface area contributed by atoms with E-state index >= 15 is 0 Å². The van der Waals surface area contributed by atoms with E-state index in [0.717, 1.165) is 45.6 Å². The number of benzene rings is 1. The molecule has 2 heterocycles. The largest absolute Gasteiger partial charge is 0.370 e. The predicted octanol–water partition coefficient (Wildman–Crippen LogP) is 2.99. The highest BCUT2D eigenvalue weighted by Gasteiger charge is 2.19. The third-order valence-corrected chi connectivity index (χ3v) is 5.28. The number of hydrogen-bond donors (Lipinski definition) is 0. The third-order valence-electron chi connectivity index (χ3n) is 5.28. The molecule has 0 N–H and O–H groups in total. The van der Waals surface area contributed by atoms with Gasteiger partial charge >= 0.3 is 0 Å². The summed E-state index contributed by atoms with van der Waals surface area (Å²) in [4.78, 5) is 19.5. The van der Waals surface area contributed by atoms with Gasteiger partial charge in [-0.3, -0.25) is 4.79 Å². The Labute approximate surface area is 146 Å². The molecule has 2 fully saturated rings. The van der Waals surface area contributed by atoms with Gasteiger partial charge in [0.1, 0.15) is 0 Å². The van der Waals surface area contributed by atoms with Gasteiger partial charge in [0.05, 0.1) is 0 Å². The minimum atomic E-state index is 0.349. The van der Waals surface area contributed by atoms with Gasteiger partial charge in [-0.25, -0.2) is 0 Å². The lowest BCUT2D eigenvalue weighted by Crippen LogP contribution is -2.36. The Balaban J connectivity index is 1.41. The van der Waals surface area contributed by atoms with Crippen molar-refractivity contribution in [3.05, 3.63) is 30.3 Å². The van der Waals surface area contributed by atoms with Crippen LogP contribution in [0.15, 0.2) is 30.3 Å². The SMILES string of the molecule is O=C(CCCN1CCCCC1)N1CCCN(c2ccccc2)CC1. The number of likely N-dealkylation sites (tertiary alicyclic amines) is 1. The highest BCUT2D eigenvalue weighted by Crippen LogP contribution is 2.16. The van der Waals surface area contributed by atoms with Crippen LogP contribution in [0.3, 0.4) is 0 Å². The number of anilines is 1. The van der Waals surface area contributed by atoms with Gasteiger partial charge in [0.2, 0.25) is 5.91 Å².